The fourth-order valence-corrected chi connectivity index (χ4v) is 2.36. The largest absolute Gasteiger partial charge is 0.380 e. The number of hydrogen-bond acceptors (Lipinski definition) is 4. The summed E-state index contributed by atoms with van der Waals surface area (Å²) in [6.07, 6.45) is 4.01. The summed E-state index contributed by atoms with van der Waals surface area (Å²) < 4.78 is 5.21. The van der Waals surface area contributed by atoms with Crippen LogP contribution < -0.4 is 10.4 Å². The van der Waals surface area contributed by atoms with Gasteiger partial charge in [-0.2, -0.15) is 0 Å². The van der Waals surface area contributed by atoms with E-state index in [0.29, 0.717) is 16.4 Å². The highest BCUT2D eigenvalue weighted by Crippen LogP contribution is 2.40. The minimum atomic E-state index is 0.324. The van der Waals surface area contributed by atoms with E-state index >= 15 is 0 Å². The van der Waals surface area contributed by atoms with E-state index < -0.39 is 0 Å². The summed E-state index contributed by atoms with van der Waals surface area (Å²) in [6, 6.07) is 0. The highest BCUT2D eigenvalue weighted by molar-refractivity contribution is 6.36. The van der Waals surface area contributed by atoms with Crippen LogP contribution in [0.1, 0.15) is 10.4 Å². The van der Waals surface area contributed by atoms with Gasteiger partial charge in [0.05, 0.1) is 30.5 Å². The van der Waals surface area contributed by atoms with Crippen LogP contribution in [0.15, 0.2) is 12.4 Å². The van der Waals surface area contributed by atoms with Crippen molar-refractivity contribution in [2.24, 2.45) is 5.41 Å². The van der Waals surface area contributed by atoms with Crippen molar-refractivity contribution in [3.8, 4) is 0 Å². The van der Waals surface area contributed by atoms with Crippen LogP contribution >= 0.6 is 0 Å². The lowest BCUT2D eigenvalue weighted by atomic mass is 9.77. The second kappa shape index (κ2) is 3.32. The molecule has 0 aromatic carbocycles. The summed E-state index contributed by atoms with van der Waals surface area (Å²) in [7, 11) is 5.72. The van der Waals surface area contributed by atoms with Gasteiger partial charge in [-0.1, -0.05) is 5.46 Å². The molecule has 5 heteroatoms. The molecule has 1 aromatic rings. The Morgan fingerprint density at radius 3 is 2.75 bits per heavy atom. The first-order valence-corrected chi connectivity index (χ1v) is 5.25. The number of anilines is 1. The lowest BCUT2D eigenvalue weighted by Gasteiger charge is -2.56. The van der Waals surface area contributed by atoms with Crippen LogP contribution in [0, 0.1) is 5.41 Å². The Morgan fingerprint density at radius 1 is 1.44 bits per heavy atom. The van der Waals surface area contributed by atoms with E-state index in [4.69, 9.17) is 12.6 Å². The van der Waals surface area contributed by atoms with Crippen molar-refractivity contribution in [3.05, 3.63) is 18.0 Å². The molecule has 2 radical (unpaired) electrons. The van der Waals surface area contributed by atoms with E-state index in [0.717, 1.165) is 38.3 Å². The summed E-state index contributed by atoms with van der Waals surface area (Å²) >= 11 is 0. The van der Waals surface area contributed by atoms with E-state index in [1.165, 1.54) is 6.20 Å². The van der Waals surface area contributed by atoms with Crippen molar-refractivity contribution < 1.29 is 9.53 Å². The van der Waals surface area contributed by atoms with Gasteiger partial charge in [-0.15, -0.1) is 0 Å². The van der Waals surface area contributed by atoms with Crippen molar-refractivity contribution >= 4 is 25.3 Å². The topological polar surface area (TPSA) is 42.4 Å². The predicted octanol–water partition coefficient (Wildman–Crippen LogP) is -0.476. The maximum Gasteiger partial charge on any atom is 0.151 e. The lowest BCUT2D eigenvalue weighted by molar-refractivity contribution is -0.127. The maximum atomic E-state index is 11.0. The molecule has 2 aliphatic heterocycles. The number of ether oxygens (including phenoxy) is 1. The van der Waals surface area contributed by atoms with Crippen molar-refractivity contribution in [1.82, 2.24) is 4.98 Å². The molecule has 0 aliphatic carbocycles. The van der Waals surface area contributed by atoms with Crippen LogP contribution in [-0.4, -0.2) is 45.4 Å². The first-order valence-electron chi connectivity index (χ1n) is 5.25. The fraction of sp³-hybridized carbons (Fsp3) is 0.455. The molecule has 4 nitrogen and oxygen atoms in total. The minimum absolute atomic E-state index is 0.324. The van der Waals surface area contributed by atoms with Gasteiger partial charge in [0.25, 0.3) is 0 Å². The van der Waals surface area contributed by atoms with Crippen molar-refractivity contribution in [2.75, 3.05) is 31.2 Å². The summed E-state index contributed by atoms with van der Waals surface area (Å²) in [5.41, 5.74) is 2.15. The molecule has 2 saturated heterocycles. The zero-order chi connectivity index (χ0) is 11.2. The lowest BCUT2D eigenvalue weighted by Crippen LogP contribution is -2.66. The van der Waals surface area contributed by atoms with Crippen molar-refractivity contribution in [1.29, 1.82) is 0 Å². The molecule has 16 heavy (non-hydrogen) atoms. The van der Waals surface area contributed by atoms with Crippen LogP contribution in [0.2, 0.25) is 0 Å². The zero-order valence-electron chi connectivity index (χ0n) is 8.85. The Bertz CT molecular complexity index is 438. The predicted molar refractivity (Wildman–Crippen MR) is 60.5 cm³/mol. The second-order valence-corrected chi connectivity index (χ2v) is 4.63. The molecular formula is C11H11BN2O2. The summed E-state index contributed by atoms with van der Waals surface area (Å²) in [4.78, 5) is 17.1. The zero-order valence-corrected chi connectivity index (χ0v) is 8.85. The molecule has 0 bridgehead atoms. The molecule has 2 aliphatic rings. The van der Waals surface area contributed by atoms with Crippen LogP contribution in [0.25, 0.3) is 0 Å². The Labute approximate surface area is 95.0 Å². The summed E-state index contributed by atoms with van der Waals surface area (Å²) in [6.45, 7) is 3.52. The van der Waals surface area contributed by atoms with Crippen molar-refractivity contribution in [3.63, 3.8) is 0 Å². The fourth-order valence-electron chi connectivity index (χ4n) is 2.36. The number of carbonyl (C=O) groups excluding carboxylic acids is 1. The van der Waals surface area contributed by atoms with Crippen LogP contribution in [0.4, 0.5) is 5.69 Å². The number of aromatic nitrogens is 1. The van der Waals surface area contributed by atoms with Gasteiger partial charge < -0.3 is 9.64 Å². The normalized spacial score (nSPS) is 21.4. The average Bonchev–Trinajstić information content (AvgIpc) is 2.13. The molecule has 1 spiro atoms. The minimum Gasteiger partial charge on any atom is -0.380 e. The number of aldehydes is 1. The average molecular weight is 214 g/mol. The number of nitrogens with zero attached hydrogens (tertiary/aromatic N) is 2. The van der Waals surface area contributed by atoms with E-state index in [9.17, 15) is 4.79 Å². The summed E-state index contributed by atoms with van der Waals surface area (Å²) in [5, 5.41) is 0. The standard InChI is InChI=1S/C11H11BN2O2/c12-9-1-13-2-10(8(9)3-15)14-4-11(5-14)6-16-7-11/h1-3H,4-7H2. The quantitative estimate of drug-likeness (QED) is 0.492. The van der Waals surface area contributed by atoms with E-state index in [1.54, 1.807) is 6.20 Å². The molecular weight excluding hydrogens is 203 g/mol. The van der Waals surface area contributed by atoms with Crippen molar-refractivity contribution in [2.45, 2.75) is 0 Å². The van der Waals surface area contributed by atoms with Crippen LogP contribution in [-0.2, 0) is 4.74 Å². The second-order valence-electron chi connectivity index (χ2n) is 4.63. The van der Waals surface area contributed by atoms with Crippen LogP contribution in [0.3, 0.4) is 0 Å². The molecule has 0 amide bonds. The Hall–Kier alpha value is -1.36. The van der Waals surface area contributed by atoms with Gasteiger partial charge in [-0.3, -0.25) is 9.78 Å². The number of carbonyl (C=O) groups is 1. The van der Waals surface area contributed by atoms with Crippen LogP contribution in [0.5, 0.6) is 0 Å². The highest BCUT2D eigenvalue weighted by Gasteiger charge is 2.49. The number of rotatable bonds is 2. The number of hydrogen-bond donors (Lipinski definition) is 0. The number of pyridine rings is 1. The molecule has 0 unspecified atom stereocenters. The van der Waals surface area contributed by atoms with Gasteiger partial charge >= 0.3 is 0 Å². The third kappa shape index (κ3) is 1.28. The molecule has 0 N–H and O–H groups in total. The molecule has 2 fully saturated rings. The Kier molecular flexibility index (Phi) is 2.04. The molecule has 1 aromatic heterocycles. The van der Waals surface area contributed by atoms with Gasteiger partial charge in [-0.05, 0) is 0 Å². The molecule has 0 saturated carbocycles. The Balaban J connectivity index is 1.85. The molecule has 0 atom stereocenters. The monoisotopic (exact) mass is 214 g/mol. The van der Waals surface area contributed by atoms with E-state index in [-0.39, 0.29) is 0 Å². The van der Waals surface area contributed by atoms with Gasteiger partial charge in [0.1, 0.15) is 7.85 Å². The van der Waals surface area contributed by atoms with E-state index in [1.807, 2.05) is 0 Å². The first kappa shape index (κ1) is 9.84. The molecule has 80 valence electrons. The molecule has 3 heterocycles. The Morgan fingerprint density at radius 2 is 2.19 bits per heavy atom. The van der Waals surface area contributed by atoms with Gasteiger partial charge in [-0.25, -0.2) is 0 Å². The van der Waals surface area contributed by atoms with Gasteiger partial charge in [0.2, 0.25) is 0 Å². The third-order valence-corrected chi connectivity index (χ3v) is 3.32. The van der Waals surface area contributed by atoms with E-state index in [2.05, 4.69) is 9.88 Å². The van der Waals surface area contributed by atoms with Gasteiger partial charge in [0, 0.05) is 24.8 Å². The highest BCUT2D eigenvalue weighted by atomic mass is 16.5. The maximum absolute atomic E-state index is 11.0. The van der Waals surface area contributed by atoms with Gasteiger partial charge in [0.15, 0.2) is 6.29 Å². The SMILES string of the molecule is [B]c1cncc(N2CC3(COC3)C2)c1C=O. The smallest absolute Gasteiger partial charge is 0.151 e. The molecule has 3 rings (SSSR count). The summed E-state index contributed by atoms with van der Waals surface area (Å²) in [5.74, 6) is 0. The third-order valence-electron chi connectivity index (χ3n) is 3.32. The first-order chi connectivity index (χ1) is 7.74.